The highest BCUT2D eigenvalue weighted by Crippen LogP contribution is 2.24. The number of rotatable bonds is 3. The van der Waals surface area contributed by atoms with Gasteiger partial charge >= 0.3 is 0 Å². The van der Waals surface area contributed by atoms with Crippen molar-refractivity contribution < 1.29 is 0 Å². The molecule has 0 aliphatic carbocycles. The average Bonchev–Trinajstić information content (AvgIpc) is 3.02. The highest BCUT2D eigenvalue weighted by molar-refractivity contribution is 7.13. The van der Waals surface area contributed by atoms with Crippen molar-refractivity contribution in [2.45, 2.75) is 6.54 Å². The zero-order valence-corrected chi connectivity index (χ0v) is 10.6. The molecule has 0 saturated heterocycles. The fraction of sp³-hybridized carbons (Fsp3) is 0.0714. The van der Waals surface area contributed by atoms with E-state index in [9.17, 15) is 0 Å². The van der Waals surface area contributed by atoms with Gasteiger partial charge in [0.2, 0.25) is 0 Å². The number of benzene rings is 1. The predicted molar refractivity (Wildman–Crippen MR) is 75.5 cm³/mol. The normalized spacial score (nSPS) is 10.7. The van der Waals surface area contributed by atoms with E-state index in [1.807, 2.05) is 36.8 Å². The zero-order chi connectivity index (χ0) is 12.4. The molecule has 0 spiro atoms. The minimum atomic E-state index is 0.794. The van der Waals surface area contributed by atoms with Gasteiger partial charge in [0.15, 0.2) is 0 Å². The summed E-state index contributed by atoms with van der Waals surface area (Å²) in [5.74, 6) is 0. The first kappa shape index (κ1) is 11.0. The van der Waals surface area contributed by atoms with Crippen molar-refractivity contribution in [2.75, 3.05) is 5.73 Å². The van der Waals surface area contributed by atoms with E-state index in [2.05, 4.69) is 27.1 Å². The first-order valence-electron chi connectivity index (χ1n) is 5.71. The summed E-state index contributed by atoms with van der Waals surface area (Å²) in [6, 6.07) is 12.1. The Labute approximate surface area is 110 Å². The Morgan fingerprint density at radius 1 is 1.17 bits per heavy atom. The number of anilines is 1. The summed E-state index contributed by atoms with van der Waals surface area (Å²) >= 11 is 1.73. The van der Waals surface area contributed by atoms with Gasteiger partial charge in [0.1, 0.15) is 0 Å². The number of imidazole rings is 1. The van der Waals surface area contributed by atoms with Gasteiger partial charge in [-0.05, 0) is 29.1 Å². The lowest BCUT2D eigenvalue weighted by atomic mass is 10.2. The molecule has 90 valence electrons. The summed E-state index contributed by atoms with van der Waals surface area (Å²) in [7, 11) is 0. The topological polar surface area (TPSA) is 43.8 Å². The van der Waals surface area contributed by atoms with Crippen LogP contribution in [0.5, 0.6) is 0 Å². The van der Waals surface area contributed by atoms with Crippen LogP contribution in [0.15, 0.2) is 54.3 Å². The molecule has 0 saturated carbocycles. The highest BCUT2D eigenvalue weighted by atomic mass is 32.1. The summed E-state index contributed by atoms with van der Waals surface area (Å²) in [5, 5.41) is 2.08. The third-order valence-corrected chi connectivity index (χ3v) is 3.71. The van der Waals surface area contributed by atoms with Gasteiger partial charge < -0.3 is 10.3 Å². The number of hydrogen-bond acceptors (Lipinski definition) is 3. The molecule has 2 aromatic heterocycles. The number of nitrogen functional groups attached to an aromatic ring is 1. The van der Waals surface area contributed by atoms with Crippen LogP contribution in [0.25, 0.3) is 10.6 Å². The number of hydrogen-bond donors (Lipinski definition) is 1. The quantitative estimate of drug-likeness (QED) is 0.730. The Morgan fingerprint density at radius 3 is 2.72 bits per heavy atom. The molecule has 4 heteroatoms. The van der Waals surface area contributed by atoms with Gasteiger partial charge in [0.25, 0.3) is 0 Å². The molecular weight excluding hydrogens is 242 g/mol. The fourth-order valence-electron chi connectivity index (χ4n) is 1.90. The lowest BCUT2D eigenvalue weighted by Gasteiger charge is -2.07. The molecule has 0 bridgehead atoms. The molecule has 2 N–H and O–H groups in total. The maximum absolute atomic E-state index is 5.69. The van der Waals surface area contributed by atoms with E-state index >= 15 is 0 Å². The summed E-state index contributed by atoms with van der Waals surface area (Å²) in [4.78, 5) is 5.48. The minimum Gasteiger partial charge on any atom is -0.399 e. The van der Waals surface area contributed by atoms with E-state index in [-0.39, 0.29) is 0 Å². The van der Waals surface area contributed by atoms with Crippen LogP contribution in [0.2, 0.25) is 0 Å². The van der Waals surface area contributed by atoms with Crippen LogP contribution in [0.3, 0.4) is 0 Å². The second kappa shape index (κ2) is 4.66. The summed E-state index contributed by atoms with van der Waals surface area (Å²) in [6.07, 6.45) is 3.77. The van der Waals surface area contributed by atoms with E-state index in [0.29, 0.717) is 0 Å². The number of aromatic nitrogens is 2. The third kappa shape index (κ3) is 2.15. The van der Waals surface area contributed by atoms with Gasteiger partial charge in [-0.15, -0.1) is 11.3 Å². The number of thiophene rings is 1. The van der Waals surface area contributed by atoms with Crippen molar-refractivity contribution in [2.24, 2.45) is 0 Å². The van der Waals surface area contributed by atoms with Gasteiger partial charge in [0.05, 0.1) is 23.1 Å². The predicted octanol–water partition coefficient (Wildman–Crippen LogP) is 3.24. The van der Waals surface area contributed by atoms with Crippen LogP contribution in [-0.4, -0.2) is 9.55 Å². The fourth-order valence-corrected chi connectivity index (χ4v) is 2.65. The molecule has 3 nitrogen and oxygen atoms in total. The number of nitrogens with zero attached hydrogens (tertiary/aromatic N) is 2. The Morgan fingerprint density at radius 2 is 2.00 bits per heavy atom. The SMILES string of the molecule is Nc1ccc(Cn2cncc2-c2cccs2)cc1. The Hall–Kier alpha value is -2.07. The zero-order valence-electron chi connectivity index (χ0n) is 9.78. The first-order chi connectivity index (χ1) is 8.83. The van der Waals surface area contributed by atoms with Gasteiger partial charge in [-0.3, -0.25) is 0 Å². The molecule has 0 aliphatic rings. The van der Waals surface area contributed by atoms with Gasteiger partial charge in [-0.2, -0.15) is 0 Å². The van der Waals surface area contributed by atoms with Crippen LogP contribution in [0.1, 0.15) is 5.56 Å². The first-order valence-corrected chi connectivity index (χ1v) is 6.59. The van der Waals surface area contributed by atoms with Crippen molar-refractivity contribution in [1.82, 2.24) is 9.55 Å². The lowest BCUT2D eigenvalue weighted by molar-refractivity contribution is 0.806. The maximum Gasteiger partial charge on any atom is 0.0954 e. The van der Waals surface area contributed by atoms with Crippen molar-refractivity contribution in [3.8, 4) is 10.6 Å². The molecule has 0 aliphatic heterocycles. The maximum atomic E-state index is 5.69. The Bertz CT molecular complexity index is 623. The van der Waals surface area contributed by atoms with Crippen molar-refractivity contribution >= 4 is 17.0 Å². The second-order valence-corrected chi connectivity index (χ2v) is 5.07. The van der Waals surface area contributed by atoms with Crippen molar-refractivity contribution in [1.29, 1.82) is 0 Å². The van der Waals surface area contributed by atoms with Gasteiger partial charge in [-0.25, -0.2) is 4.98 Å². The van der Waals surface area contributed by atoms with E-state index in [1.165, 1.54) is 10.4 Å². The molecule has 3 aromatic rings. The smallest absolute Gasteiger partial charge is 0.0954 e. The molecule has 0 unspecified atom stereocenters. The summed E-state index contributed by atoms with van der Waals surface area (Å²) < 4.78 is 2.15. The third-order valence-electron chi connectivity index (χ3n) is 2.82. The van der Waals surface area contributed by atoms with Crippen LogP contribution >= 0.6 is 11.3 Å². The molecule has 3 rings (SSSR count). The molecule has 0 atom stereocenters. The minimum absolute atomic E-state index is 0.794. The molecule has 1 aromatic carbocycles. The highest BCUT2D eigenvalue weighted by Gasteiger charge is 2.06. The van der Waals surface area contributed by atoms with E-state index in [4.69, 9.17) is 5.73 Å². The molecule has 18 heavy (non-hydrogen) atoms. The van der Waals surface area contributed by atoms with Crippen LogP contribution < -0.4 is 5.73 Å². The van der Waals surface area contributed by atoms with Crippen molar-refractivity contribution in [3.05, 3.63) is 59.9 Å². The Balaban J connectivity index is 1.90. The van der Waals surface area contributed by atoms with E-state index in [0.717, 1.165) is 17.9 Å². The Kier molecular flexibility index (Phi) is 2.86. The van der Waals surface area contributed by atoms with Gasteiger partial charge in [-0.1, -0.05) is 18.2 Å². The molecule has 0 amide bonds. The second-order valence-electron chi connectivity index (χ2n) is 4.13. The molecule has 2 heterocycles. The molecular formula is C14H13N3S. The van der Waals surface area contributed by atoms with Crippen LogP contribution in [0.4, 0.5) is 5.69 Å². The van der Waals surface area contributed by atoms with Crippen LogP contribution in [0, 0.1) is 0 Å². The van der Waals surface area contributed by atoms with Gasteiger partial charge in [0, 0.05) is 12.2 Å². The van der Waals surface area contributed by atoms with Crippen LogP contribution in [-0.2, 0) is 6.54 Å². The van der Waals surface area contributed by atoms with E-state index < -0.39 is 0 Å². The average molecular weight is 255 g/mol. The van der Waals surface area contributed by atoms with E-state index in [1.54, 1.807) is 11.3 Å². The molecule has 0 fully saturated rings. The summed E-state index contributed by atoms with van der Waals surface area (Å²) in [6.45, 7) is 0.813. The monoisotopic (exact) mass is 255 g/mol. The molecule has 0 radical (unpaired) electrons. The number of nitrogens with two attached hydrogens (primary N) is 1. The summed E-state index contributed by atoms with van der Waals surface area (Å²) in [5.41, 5.74) is 8.86. The standard InChI is InChI=1S/C14H13N3S/c15-12-5-3-11(4-6-12)9-17-10-16-8-13(17)14-2-1-7-18-14/h1-8,10H,9,15H2. The van der Waals surface area contributed by atoms with Crippen molar-refractivity contribution in [3.63, 3.8) is 0 Å². The largest absolute Gasteiger partial charge is 0.399 e. The lowest BCUT2D eigenvalue weighted by Crippen LogP contribution is -1.99.